The lowest BCUT2D eigenvalue weighted by atomic mass is 10.1. The van der Waals surface area contributed by atoms with Crippen LogP contribution in [0.2, 0.25) is 0 Å². The van der Waals surface area contributed by atoms with Crippen molar-refractivity contribution in [2.45, 2.75) is 13.3 Å². The van der Waals surface area contributed by atoms with Gasteiger partial charge in [-0.3, -0.25) is 9.78 Å². The molecule has 98 valence electrons. The van der Waals surface area contributed by atoms with Gasteiger partial charge < -0.3 is 10.0 Å². The second-order valence-corrected chi connectivity index (χ2v) is 5.09. The highest BCUT2D eigenvalue weighted by molar-refractivity contribution is 5.97. The van der Waals surface area contributed by atoms with Crippen LogP contribution < -0.4 is 4.90 Å². The Morgan fingerprint density at radius 1 is 1.37 bits per heavy atom. The largest absolute Gasteiger partial charge is 0.396 e. The first-order valence-corrected chi connectivity index (χ1v) is 6.46. The molecule has 1 N–H and O–H groups in total. The summed E-state index contributed by atoms with van der Waals surface area (Å²) < 4.78 is 0. The van der Waals surface area contributed by atoms with Gasteiger partial charge in [-0.2, -0.15) is 0 Å². The smallest absolute Gasteiger partial charge is 0.227 e. The molecule has 0 aliphatic carbocycles. The quantitative estimate of drug-likeness (QED) is 0.892. The molecule has 19 heavy (non-hydrogen) atoms. The summed E-state index contributed by atoms with van der Waals surface area (Å²) in [5.41, 5.74) is 2.81. The van der Waals surface area contributed by atoms with Crippen LogP contribution in [0.4, 0.5) is 5.69 Å². The third-order valence-corrected chi connectivity index (χ3v) is 3.59. The number of hydrogen-bond donors (Lipinski definition) is 1. The molecule has 0 spiro atoms. The molecule has 1 aliphatic rings. The molecule has 0 bridgehead atoms. The molecule has 2 heterocycles. The van der Waals surface area contributed by atoms with Crippen molar-refractivity contribution < 1.29 is 9.90 Å². The fourth-order valence-corrected chi connectivity index (χ4v) is 2.54. The van der Waals surface area contributed by atoms with E-state index in [2.05, 4.69) is 4.98 Å². The minimum atomic E-state index is 0.0549. The van der Waals surface area contributed by atoms with Gasteiger partial charge in [0.2, 0.25) is 5.91 Å². The Bertz CT molecular complexity index is 639. The first kappa shape index (κ1) is 12.1. The number of benzene rings is 1. The van der Waals surface area contributed by atoms with Crippen molar-refractivity contribution in [2.24, 2.45) is 5.92 Å². The van der Waals surface area contributed by atoms with Crippen LogP contribution in [-0.4, -0.2) is 29.1 Å². The van der Waals surface area contributed by atoms with Gasteiger partial charge in [0.15, 0.2) is 0 Å². The number of nitrogens with zero attached hydrogens (tertiary/aromatic N) is 2. The molecule has 1 fully saturated rings. The molecule has 1 aliphatic heterocycles. The topological polar surface area (TPSA) is 53.4 Å². The molecule has 1 unspecified atom stereocenters. The predicted octanol–water partition coefficient (Wildman–Crippen LogP) is 1.89. The lowest BCUT2D eigenvalue weighted by molar-refractivity contribution is -0.117. The van der Waals surface area contributed by atoms with E-state index in [0.29, 0.717) is 13.0 Å². The molecule has 4 nitrogen and oxygen atoms in total. The molecule has 3 rings (SSSR count). The number of aryl methyl sites for hydroxylation is 1. The Morgan fingerprint density at radius 3 is 2.95 bits per heavy atom. The summed E-state index contributed by atoms with van der Waals surface area (Å²) in [5, 5.41) is 10.2. The number of pyridine rings is 1. The second-order valence-electron chi connectivity index (χ2n) is 5.09. The fourth-order valence-electron chi connectivity index (χ4n) is 2.54. The van der Waals surface area contributed by atoms with Crippen molar-refractivity contribution in [3.8, 4) is 0 Å². The maximum absolute atomic E-state index is 11.9. The van der Waals surface area contributed by atoms with Crippen molar-refractivity contribution in [1.82, 2.24) is 4.98 Å². The van der Waals surface area contributed by atoms with E-state index in [1.807, 2.05) is 37.3 Å². The Morgan fingerprint density at radius 2 is 2.21 bits per heavy atom. The first-order valence-electron chi connectivity index (χ1n) is 6.46. The zero-order valence-corrected chi connectivity index (χ0v) is 10.8. The molecule has 1 atom stereocenters. The zero-order chi connectivity index (χ0) is 13.4. The van der Waals surface area contributed by atoms with E-state index in [1.165, 1.54) is 0 Å². The van der Waals surface area contributed by atoms with Crippen LogP contribution in [0.5, 0.6) is 0 Å². The third-order valence-electron chi connectivity index (χ3n) is 3.59. The van der Waals surface area contributed by atoms with Gasteiger partial charge in [-0.25, -0.2) is 0 Å². The standard InChI is InChI=1S/C15H16N2O2/c1-10-2-3-12-7-13(4-5-14(12)16-10)17-8-11(9-18)6-15(17)19/h2-5,7,11,18H,6,8-9H2,1H3. The van der Waals surface area contributed by atoms with Crippen LogP contribution in [0.25, 0.3) is 10.9 Å². The molecule has 0 saturated carbocycles. The highest BCUT2D eigenvalue weighted by Gasteiger charge is 2.30. The monoisotopic (exact) mass is 256 g/mol. The summed E-state index contributed by atoms with van der Waals surface area (Å²) in [5.74, 6) is 0.137. The van der Waals surface area contributed by atoms with Crippen LogP contribution in [0, 0.1) is 12.8 Å². The minimum absolute atomic E-state index is 0.0549. The number of aliphatic hydroxyl groups excluding tert-OH is 1. The molecule has 1 saturated heterocycles. The molecular formula is C15H16N2O2. The fraction of sp³-hybridized carbons (Fsp3) is 0.333. The Labute approximate surface area is 111 Å². The predicted molar refractivity (Wildman–Crippen MR) is 74.0 cm³/mol. The van der Waals surface area contributed by atoms with Crippen molar-refractivity contribution >= 4 is 22.5 Å². The van der Waals surface area contributed by atoms with E-state index < -0.39 is 0 Å². The minimum Gasteiger partial charge on any atom is -0.396 e. The Balaban J connectivity index is 1.97. The highest BCUT2D eigenvalue weighted by Crippen LogP contribution is 2.27. The van der Waals surface area contributed by atoms with Crippen LogP contribution in [0.3, 0.4) is 0 Å². The lowest BCUT2D eigenvalue weighted by Crippen LogP contribution is -2.24. The van der Waals surface area contributed by atoms with E-state index in [1.54, 1.807) is 4.90 Å². The van der Waals surface area contributed by atoms with Crippen LogP contribution >= 0.6 is 0 Å². The van der Waals surface area contributed by atoms with E-state index in [4.69, 9.17) is 5.11 Å². The zero-order valence-electron chi connectivity index (χ0n) is 10.8. The number of hydrogen-bond acceptors (Lipinski definition) is 3. The average molecular weight is 256 g/mol. The summed E-state index contributed by atoms with van der Waals surface area (Å²) in [6.45, 7) is 2.62. The second kappa shape index (κ2) is 4.63. The van der Waals surface area contributed by atoms with Gasteiger partial charge in [-0.15, -0.1) is 0 Å². The number of carbonyl (C=O) groups is 1. The maximum Gasteiger partial charge on any atom is 0.227 e. The van der Waals surface area contributed by atoms with Crippen molar-refractivity contribution in [3.63, 3.8) is 0 Å². The van der Waals surface area contributed by atoms with Gasteiger partial charge >= 0.3 is 0 Å². The molecular weight excluding hydrogens is 240 g/mol. The van der Waals surface area contributed by atoms with Gasteiger partial charge in [0.25, 0.3) is 0 Å². The number of amides is 1. The summed E-state index contributed by atoms with van der Waals surface area (Å²) in [6, 6.07) is 9.84. The summed E-state index contributed by atoms with van der Waals surface area (Å²) in [7, 11) is 0. The highest BCUT2D eigenvalue weighted by atomic mass is 16.3. The molecule has 1 aromatic carbocycles. The number of carbonyl (C=O) groups excluding carboxylic acids is 1. The number of fused-ring (bicyclic) bond motifs is 1. The average Bonchev–Trinajstić information content (AvgIpc) is 2.79. The van der Waals surface area contributed by atoms with Crippen LogP contribution in [-0.2, 0) is 4.79 Å². The van der Waals surface area contributed by atoms with E-state index in [0.717, 1.165) is 22.3 Å². The van der Waals surface area contributed by atoms with Crippen molar-refractivity contribution in [2.75, 3.05) is 18.1 Å². The van der Waals surface area contributed by atoms with Gasteiger partial charge in [-0.1, -0.05) is 6.07 Å². The van der Waals surface area contributed by atoms with Crippen LogP contribution in [0.1, 0.15) is 12.1 Å². The summed E-state index contributed by atoms with van der Waals surface area (Å²) in [4.78, 5) is 18.1. The lowest BCUT2D eigenvalue weighted by Gasteiger charge is -2.17. The third kappa shape index (κ3) is 2.19. The summed E-state index contributed by atoms with van der Waals surface area (Å²) in [6.07, 6.45) is 0.431. The number of aliphatic hydroxyl groups is 1. The Hall–Kier alpha value is -1.94. The molecule has 2 aromatic rings. The van der Waals surface area contributed by atoms with E-state index in [-0.39, 0.29) is 18.4 Å². The van der Waals surface area contributed by atoms with Gasteiger partial charge in [0, 0.05) is 42.3 Å². The molecule has 1 aromatic heterocycles. The number of rotatable bonds is 2. The van der Waals surface area contributed by atoms with Crippen molar-refractivity contribution in [3.05, 3.63) is 36.0 Å². The number of aromatic nitrogens is 1. The van der Waals surface area contributed by atoms with Gasteiger partial charge in [0.1, 0.15) is 0 Å². The Kier molecular flexibility index (Phi) is 2.95. The van der Waals surface area contributed by atoms with E-state index >= 15 is 0 Å². The maximum atomic E-state index is 11.9. The van der Waals surface area contributed by atoms with Crippen LogP contribution in [0.15, 0.2) is 30.3 Å². The van der Waals surface area contributed by atoms with Gasteiger partial charge in [0.05, 0.1) is 5.52 Å². The first-order chi connectivity index (χ1) is 9.17. The molecule has 4 heteroatoms. The number of anilines is 1. The normalized spacial score (nSPS) is 19.4. The van der Waals surface area contributed by atoms with Crippen molar-refractivity contribution in [1.29, 1.82) is 0 Å². The molecule has 0 radical (unpaired) electrons. The SMILES string of the molecule is Cc1ccc2cc(N3CC(CO)CC3=O)ccc2n1. The molecule has 1 amide bonds. The van der Waals surface area contributed by atoms with E-state index in [9.17, 15) is 4.79 Å². The van der Waals surface area contributed by atoms with Gasteiger partial charge in [-0.05, 0) is 31.2 Å². The summed E-state index contributed by atoms with van der Waals surface area (Å²) >= 11 is 0.